The predicted molar refractivity (Wildman–Crippen MR) is 147 cm³/mol. The molecule has 1 aliphatic carbocycles. The van der Waals surface area contributed by atoms with Gasteiger partial charge in [-0.2, -0.15) is 0 Å². The Morgan fingerprint density at radius 3 is 2.43 bits per heavy atom. The highest BCUT2D eigenvalue weighted by atomic mass is 16.5. The van der Waals surface area contributed by atoms with Crippen molar-refractivity contribution in [2.75, 3.05) is 33.3 Å². The van der Waals surface area contributed by atoms with Crippen LogP contribution in [0, 0.1) is 6.92 Å². The molecule has 1 atom stereocenters. The molecular weight excluding hydrogens is 462 g/mol. The molecule has 0 spiro atoms. The van der Waals surface area contributed by atoms with E-state index in [1.165, 1.54) is 11.1 Å². The van der Waals surface area contributed by atoms with Crippen molar-refractivity contribution in [1.82, 2.24) is 14.4 Å². The summed E-state index contributed by atoms with van der Waals surface area (Å²) >= 11 is 0. The van der Waals surface area contributed by atoms with Crippen LogP contribution in [0.15, 0.2) is 59.4 Å². The zero-order valence-electron chi connectivity index (χ0n) is 22.2. The fourth-order valence-corrected chi connectivity index (χ4v) is 6.09. The minimum atomic E-state index is -0.179. The van der Waals surface area contributed by atoms with Crippen molar-refractivity contribution in [3.63, 3.8) is 0 Å². The lowest BCUT2D eigenvalue weighted by molar-refractivity contribution is 0.0550. The summed E-state index contributed by atoms with van der Waals surface area (Å²) in [5.41, 5.74) is 5.75. The smallest absolute Gasteiger partial charge is 0.259 e. The molecule has 3 aromatic rings. The first kappa shape index (κ1) is 25.3. The summed E-state index contributed by atoms with van der Waals surface area (Å²) in [7, 11) is 1.67. The number of carbonyl (C=O) groups excluding carboxylic acids is 1. The van der Waals surface area contributed by atoms with Crippen molar-refractivity contribution in [3.8, 4) is 5.75 Å². The molecule has 0 N–H and O–H groups in total. The topological polar surface area (TPSA) is 54.8 Å². The van der Waals surface area contributed by atoms with E-state index in [0.717, 1.165) is 55.1 Å². The molecule has 2 aromatic carbocycles. The van der Waals surface area contributed by atoms with Crippen LogP contribution in [0.4, 0.5) is 0 Å². The van der Waals surface area contributed by atoms with Crippen molar-refractivity contribution in [1.29, 1.82) is 0 Å². The molecule has 1 aliphatic heterocycles. The maximum atomic E-state index is 13.8. The SMILES string of the molecule is CCc1c(C(=O)N2CCN(C3CCc4ccccc4C3)CC2)c(=O)cc(C)n1Cc1ccccc1OC. The number of pyridine rings is 1. The number of benzene rings is 2. The number of aryl methyl sites for hydroxylation is 2. The minimum Gasteiger partial charge on any atom is -0.496 e. The Kier molecular flexibility index (Phi) is 7.47. The highest BCUT2D eigenvalue weighted by molar-refractivity contribution is 5.95. The number of para-hydroxylation sites is 1. The van der Waals surface area contributed by atoms with E-state index in [2.05, 4.69) is 33.7 Å². The van der Waals surface area contributed by atoms with E-state index in [1.54, 1.807) is 13.2 Å². The quantitative estimate of drug-likeness (QED) is 0.513. The van der Waals surface area contributed by atoms with E-state index in [-0.39, 0.29) is 11.3 Å². The third-order valence-corrected chi connectivity index (χ3v) is 8.13. The number of ether oxygens (including phenoxy) is 1. The summed E-state index contributed by atoms with van der Waals surface area (Å²) < 4.78 is 7.65. The largest absolute Gasteiger partial charge is 0.496 e. The molecule has 0 bridgehead atoms. The van der Waals surface area contributed by atoms with Crippen molar-refractivity contribution in [3.05, 3.63) is 98.5 Å². The first-order valence-corrected chi connectivity index (χ1v) is 13.5. The number of piperazine rings is 1. The first-order chi connectivity index (χ1) is 18.0. The summed E-state index contributed by atoms with van der Waals surface area (Å²) in [6.07, 6.45) is 3.97. The third kappa shape index (κ3) is 5.08. The normalized spacial score (nSPS) is 17.9. The van der Waals surface area contributed by atoms with Crippen LogP contribution in [0.5, 0.6) is 5.75 Å². The number of amides is 1. The Labute approximate surface area is 219 Å². The van der Waals surface area contributed by atoms with Gasteiger partial charge >= 0.3 is 0 Å². The van der Waals surface area contributed by atoms with Crippen LogP contribution in [0.1, 0.15) is 51.8 Å². The number of aromatic nitrogens is 1. The average Bonchev–Trinajstić information content (AvgIpc) is 2.94. The molecule has 0 saturated carbocycles. The second-order valence-electron chi connectivity index (χ2n) is 10.2. The van der Waals surface area contributed by atoms with Crippen LogP contribution >= 0.6 is 0 Å². The second kappa shape index (κ2) is 10.9. The number of carbonyl (C=O) groups is 1. The molecule has 194 valence electrons. The molecule has 1 unspecified atom stereocenters. The van der Waals surface area contributed by atoms with E-state index in [1.807, 2.05) is 43.0 Å². The van der Waals surface area contributed by atoms with Gasteiger partial charge in [-0.1, -0.05) is 49.4 Å². The van der Waals surface area contributed by atoms with Crippen LogP contribution in [-0.4, -0.2) is 59.6 Å². The van der Waals surface area contributed by atoms with E-state index in [9.17, 15) is 9.59 Å². The van der Waals surface area contributed by atoms with Gasteiger partial charge < -0.3 is 14.2 Å². The van der Waals surface area contributed by atoms with Gasteiger partial charge in [-0.3, -0.25) is 14.5 Å². The van der Waals surface area contributed by atoms with E-state index in [4.69, 9.17) is 4.74 Å². The number of hydrogen-bond donors (Lipinski definition) is 0. The van der Waals surface area contributed by atoms with E-state index in [0.29, 0.717) is 37.7 Å². The fourth-order valence-electron chi connectivity index (χ4n) is 6.09. The third-order valence-electron chi connectivity index (χ3n) is 8.13. The fraction of sp³-hybridized carbons (Fsp3) is 0.419. The molecule has 6 nitrogen and oxygen atoms in total. The predicted octanol–water partition coefficient (Wildman–Crippen LogP) is 4.09. The molecule has 2 heterocycles. The Bertz CT molecular complexity index is 1340. The second-order valence-corrected chi connectivity index (χ2v) is 10.2. The van der Waals surface area contributed by atoms with E-state index >= 15 is 0 Å². The Morgan fingerprint density at radius 2 is 1.70 bits per heavy atom. The van der Waals surface area contributed by atoms with Gasteiger partial charge in [-0.15, -0.1) is 0 Å². The summed E-state index contributed by atoms with van der Waals surface area (Å²) in [6.45, 7) is 7.51. The lowest BCUT2D eigenvalue weighted by Gasteiger charge is -2.41. The molecule has 1 fully saturated rings. The molecule has 1 amide bonds. The number of rotatable bonds is 6. The lowest BCUT2D eigenvalue weighted by Crippen LogP contribution is -2.53. The number of methoxy groups -OCH3 is 1. The number of hydrogen-bond acceptors (Lipinski definition) is 4. The maximum absolute atomic E-state index is 13.8. The van der Waals surface area contributed by atoms with Gasteiger partial charge in [-0.25, -0.2) is 0 Å². The molecular formula is C31H37N3O3. The minimum absolute atomic E-state index is 0.135. The Hall–Kier alpha value is -3.38. The van der Waals surface area contributed by atoms with Crippen molar-refractivity contribution < 1.29 is 9.53 Å². The lowest BCUT2D eigenvalue weighted by atomic mass is 9.87. The maximum Gasteiger partial charge on any atom is 0.259 e. The summed E-state index contributed by atoms with van der Waals surface area (Å²) in [5.74, 6) is 0.668. The molecule has 6 heteroatoms. The van der Waals surface area contributed by atoms with Gasteiger partial charge in [0, 0.05) is 55.2 Å². The van der Waals surface area contributed by atoms with Gasteiger partial charge in [0.15, 0.2) is 5.43 Å². The summed E-state index contributed by atoms with van der Waals surface area (Å²) in [5, 5.41) is 0. The van der Waals surface area contributed by atoms with Gasteiger partial charge in [0.2, 0.25) is 0 Å². The zero-order chi connectivity index (χ0) is 25.9. The van der Waals surface area contributed by atoms with E-state index < -0.39 is 0 Å². The van der Waals surface area contributed by atoms with Gasteiger partial charge in [0.05, 0.1) is 13.7 Å². The van der Waals surface area contributed by atoms with Crippen LogP contribution in [0.3, 0.4) is 0 Å². The monoisotopic (exact) mass is 499 g/mol. The summed E-state index contributed by atoms with van der Waals surface area (Å²) in [6, 6.07) is 18.8. The molecule has 1 aromatic heterocycles. The summed E-state index contributed by atoms with van der Waals surface area (Å²) in [4.78, 5) is 31.3. The van der Waals surface area contributed by atoms with Crippen LogP contribution < -0.4 is 10.2 Å². The molecule has 2 aliphatic rings. The molecule has 37 heavy (non-hydrogen) atoms. The average molecular weight is 500 g/mol. The Balaban J connectivity index is 1.34. The van der Waals surface area contributed by atoms with Gasteiger partial charge in [-0.05, 0) is 49.8 Å². The van der Waals surface area contributed by atoms with Crippen molar-refractivity contribution in [2.45, 2.75) is 52.1 Å². The highest BCUT2D eigenvalue weighted by Crippen LogP contribution is 2.26. The van der Waals surface area contributed by atoms with Crippen molar-refractivity contribution >= 4 is 5.91 Å². The number of nitrogens with zero attached hydrogens (tertiary/aromatic N) is 3. The van der Waals surface area contributed by atoms with Crippen molar-refractivity contribution in [2.24, 2.45) is 0 Å². The number of fused-ring (bicyclic) bond motifs is 1. The molecule has 5 rings (SSSR count). The highest BCUT2D eigenvalue weighted by Gasteiger charge is 2.31. The van der Waals surface area contributed by atoms with Crippen LogP contribution in [0.2, 0.25) is 0 Å². The first-order valence-electron chi connectivity index (χ1n) is 13.5. The van der Waals surface area contributed by atoms with Gasteiger partial charge in [0.25, 0.3) is 5.91 Å². The zero-order valence-corrected chi connectivity index (χ0v) is 22.2. The van der Waals surface area contributed by atoms with Crippen LogP contribution in [-0.2, 0) is 25.8 Å². The van der Waals surface area contributed by atoms with Gasteiger partial charge in [0.1, 0.15) is 11.3 Å². The standard InChI is InChI=1S/C31H37N3O3/c1-4-27-30(28(35)19-22(2)34(27)21-25-11-7-8-12-29(25)37-3)31(36)33-17-15-32(16-18-33)26-14-13-23-9-5-6-10-24(23)20-26/h5-12,19,26H,4,13-18,20-21H2,1-3H3. The Morgan fingerprint density at radius 1 is 1.00 bits per heavy atom. The molecule has 1 saturated heterocycles. The molecule has 0 radical (unpaired) electrons. The van der Waals surface area contributed by atoms with Crippen LogP contribution in [0.25, 0.3) is 0 Å².